The first-order chi connectivity index (χ1) is 12.5. The highest BCUT2D eigenvalue weighted by Crippen LogP contribution is 2.23. The summed E-state index contributed by atoms with van der Waals surface area (Å²) in [5, 5.41) is 2.86. The Morgan fingerprint density at radius 2 is 1.77 bits per heavy atom. The van der Waals surface area contributed by atoms with Crippen molar-refractivity contribution in [1.82, 2.24) is 5.32 Å². The molecule has 1 fully saturated rings. The van der Waals surface area contributed by atoms with Gasteiger partial charge in [0.1, 0.15) is 5.76 Å². The Morgan fingerprint density at radius 1 is 1.08 bits per heavy atom. The lowest BCUT2D eigenvalue weighted by molar-refractivity contribution is -0.124. The van der Waals surface area contributed by atoms with Crippen LogP contribution >= 0.6 is 0 Å². The van der Waals surface area contributed by atoms with E-state index in [-0.39, 0.29) is 30.1 Å². The largest absolute Gasteiger partial charge is 0.450 e. The lowest BCUT2D eigenvalue weighted by atomic mass is 10.1. The molecule has 0 atom stereocenters. The fraction of sp³-hybridized carbons (Fsp3) is 0.350. The quantitative estimate of drug-likeness (QED) is 0.634. The maximum absolute atomic E-state index is 12.0. The van der Waals surface area contributed by atoms with Gasteiger partial charge in [-0.25, -0.2) is 4.79 Å². The van der Waals surface area contributed by atoms with Gasteiger partial charge in [-0.05, 0) is 31.9 Å². The smallest absolute Gasteiger partial charge is 0.374 e. The standard InChI is InChI=1S/C20H21NO5/c1-13(22)14-6-8-15(9-7-14)17-10-11-18(26-17)20(24)25-12-19(23)21-16-4-2-3-5-16/h6-11,16H,2-5,12H2,1H3,(H,21,23). The Hall–Kier alpha value is -2.89. The molecule has 0 saturated heterocycles. The SMILES string of the molecule is CC(=O)c1ccc(-c2ccc(C(=O)OCC(=O)NC3CCCC3)o2)cc1. The van der Waals surface area contributed by atoms with E-state index in [0.29, 0.717) is 11.3 Å². The van der Waals surface area contributed by atoms with Crippen molar-refractivity contribution in [3.63, 3.8) is 0 Å². The molecule has 3 rings (SSSR count). The number of esters is 1. The van der Waals surface area contributed by atoms with Gasteiger partial charge in [-0.15, -0.1) is 0 Å². The van der Waals surface area contributed by atoms with Crippen LogP contribution in [0.5, 0.6) is 0 Å². The summed E-state index contributed by atoms with van der Waals surface area (Å²) in [6.45, 7) is 1.18. The van der Waals surface area contributed by atoms with Gasteiger partial charge in [0.05, 0.1) is 0 Å². The molecule has 6 nitrogen and oxygen atoms in total. The first kappa shape index (κ1) is 17.9. The fourth-order valence-corrected chi connectivity index (χ4v) is 3.01. The number of Topliss-reactive ketones (excluding diaryl/α,β-unsaturated/α-hetero) is 1. The van der Waals surface area contributed by atoms with E-state index in [1.54, 1.807) is 30.3 Å². The molecule has 1 aliphatic rings. The van der Waals surface area contributed by atoms with Gasteiger partial charge in [0.15, 0.2) is 12.4 Å². The number of rotatable bonds is 6. The molecule has 0 unspecified atom stereocenters. The topological polar surface area (TPSA) is 85.6 Å². The Bertz CT molecular complexity index is 800. The molecule has 0 radical (unpaired) electrons. The number of ketones is 1. The van der Waals surface area contributed by atoms with Gasteiger partial charge in [-0.1, -0.05) is 37.1 Å². The Kier molecular flexibility index (Phi) is 5.51. The van der Waals surface area contributed by atoms with Crippen molar-refractivity contribution >= 4 is 17.7 Å². The van der Waals surface area contributed by atoms with E-state index in [1.807, 2.05) is 0 Å². The van der Waals surface area contributed by atoms with Gasteiger partial charge in [0.2, 0.25) is 5.76 Å². The number of furan rings is 1. The third-order valence-corrected chi connectivity index (χ3v) is 4.44. The molecule has 2 aromatic rings. The van der Waals surface area contributed by atoms with Gasteiger partial charge in [0.25, 0.3) is 5.91 Å². The van der Waals surface area contributed by atoms with E-state index in [0.717, 1.165) is 31.2 Å². The average Bonchev–Trinajstić information content (AvgIpc) is 3.31. The van der Waals surface area contributed by atoms with Crippen LogP contribution in [0.4, 0.5) is 0 Å². The van der Waals surface area contributed by atoms with Crippen LogP contribution in [0.25, 0.3) is 11.3 Å². The van der Waals surface area contributed by atoms with Crippen molar-refractivity contribution < 1.29 is 23.5 Å². The summed E-state index contributed by atoms with van der Waals surface area (Å²) in [6.07, 6.45) is 4.19. The second kappa shape index (κ2) is 7.99. The van der Waals surface area contributed by atoms with Crippen molar-refractivity contribution in [2.75, 3.05) is 6.61 Å². The number of hydrogen-bond acceptors (Lipinski definition) is 5. The highest BCUT2D eigenvalue weighted by atomic mass is 16.5. The zero-order valence-electron chi connectivity index (χ0n) is 14.6. The lowest BCUT2D eigenvalue weighted by Crippen LogP contribution is -2.35. The number of nitrogens with one attached hydrogen (secondary N) is 1. The molecule has 1 aliphatic carbocycles. The zero-order valence-corrected chi connectivity index (χ0v) is 14.6. The van der Waals surface area contributed by atoms with E-state index in [9.17, 15) is 14.4 Å². The number of carbonyl (C=O) groups is 3. The van der Waals surface area contributed by atoms with Gasteiger partial charge in [-0.2, -0.15) is 0 Å². The number of hydrogen-bond donors (Lipinski definition) is 1. The summed E-state index contributed by atoms with van der Waals surface area (Å²) in [7, 11) is 0. The van der Waals surface area contributed by atoms with E-state index in [2.05, 4.69) is 5.32 Å². The minimum absolute atomic E-state index is 0.0175. The molecule has 0 bridgehead atoms. The van der Waals surface area contributed by atoms with Crippen LogP contribution in [0, 0.1) is 0 Å². The van der Waals surface area contributed by atoms with Gasteiger partial charge >= 0.3 is 5.97 Å². The number of benzene rings is 1. The molecular weight excluding hydrogens is 334 g/mol. The third kappa shape index (κ3) is 4.39. The molecule has 1 saturated carbocycles. The van der Waals surface area contributed by atoms with Crippen molar-refractivity contribution in [3.8, 4) is 11.3 Å². The minimum atomic E-state index is -0.682. The third-order valence-electron chi connectivity index (χ3n) is 4.44. The van der Waals surface area contributed by atoms with Crippen LogP contribution in [-0.2, 0) is 9.53 Å². The molecule has 0 spiro atoms. The minimum Gasteiger partial charge on any atom is -0.450 e. The van der Waals surface area contributed by atoms with E-state index >= 15 is 0 Å². The molecular formula is C20H21NO5. The number of ether oxygens (including phenoxy) is 1. The van der Waals surface area contributed by atoms with Crippen LogP contribution < -0.4 is 5.32 Å². The zero-order chi connectivity index (χ0) is 18.5. The molecule has 0 aliphatic heterocycles. The van der Waals surface area contributed by atoms with Crippen molar-refractivity contribution in [1.29, 1.82) is 0 Å². The Balaban J connectivity index is 1.55. The van der Waals surface area contributed by atoms with E-state index < -0.39 is 5.97 Å². The summed E-state index contributed by atoms with van der Waals surface area (Å²) in [6, 6.07) is 10.2. The average molecular weight is 355 g/mol. The van der Waals surface area contributed by atoms with Crippen LogP contribution in [-0.4, -0.2) is 30.3 Å². The highest BCUT2D eigenvalue weighted by Gasteiger charge is 2.19. The molecule has 1 aromatic carbocycles. The van der Waals surface area contributed by atoms with E-state index in [1.165, 1.54) is 13.0 Å². The number of carbonyl (C=O) groups excluding carboxylic acids is 3. The molecule has 26 heavy (non-hydrogen) atoms. The van der Waals surface area contributed by atoms with Gasteiger partial charge < -0.3 is 14.5 Å². The molecule has 1 N–H and O–H groups in total. The van der Waals surface area contributed by atoms with Crippen molar-refractivity contribution in [2.45, 2.75) is 38.6 Å². The normalized spacial score (nSPS) is 14.2. The predicted octanol–water partition coefficient (Wildman–Crippen LogP) is 3.36. The maximum atomic E-state index is 12.0. The molecule has 1 amide bonds. The van der Waals surface area contributed by atoms with Crippen molar-refractivity contribution in [3.05, 3.63) is 47.7 Å². The molecule has 1 heterocycles. The Labute approximate surface area is 151 Å². The summed E-state index contributed by atoms with van der Waals surface area (Å²) in [5.74, 6) is -0.474. The Morgan fingerprint density at radius 3 is 2.42 bits per heavy atom. The van der Waals surface area contributed by atoms with Crippen molar-refractivity contribution in [2.24, 2.45) is 0 Å². The first-order valence-electron chi connectivity index (χ1n) is 8.70. The highest BCUT2D eigenvalue weighted by molar-refractivity contribution is 5.94. The van der Waals surface area contributed by atoms with E-state index in [4.69, 9.17) is 9.15 Å². The summed E-state index contributed by atoms with van der Waals surface area (Å²) in [5.41, 5.74) is 1.35. The predicted molar refractivity (Wildman–Crippen MR) is 94.8 cm³/mol. The van der Waals surface area contributed by atoms with Crippen LogP contribution in [0.2, 0.25) is 0 Å². The lowest BCUT2D eigenvalue weighted by Gasteiger charge is -2.11. The molecule has 6 heteroatoms. The van der Waals surface area contributed by atoms with Crippen LogP contribution in [0.3, 0.4) is 0 Å². The fourth-order valence-electron chi connectivity index (χ4n) is 3.01. The van der Waals surface area contributed by atoms with Crippen LogP contribution in [0.1, 0.15) is 53.5 Å². The second-order valence-electron chi connectivity index (χ2n) is 6.42. The molecule has 1 aromatic heterocycles. The van der Waals surface area contributed by atoms with Gasteiger partial charge in [-0.3, -0.25) is 9.59 Å². The molecule has 136 valence electrons. The second-order valence-corrected chi connectivity index (χ2v) is 6.42. The first-order valence-corrected chi connectivity index (χ1v) is 8.70. The summed E-state index contributed by atoms with van der Waals surface area (Å²) in [4.78, 5) is 35.1. The maximum Gasteiger partial charge on any atom is 0.374 e. The summed E-state index contributed by atoms with van der Waals surface area (Å²) >= 11 is 0. The monoisotopic (exact) mass is 355 g/mol. The van der Waals surface area contributed by atoms with Gasteiger partial charge in [0, 0.05) is 17.2 Å². The number of amides is 1. The summed E-state index contributed by atoms with van der Waals surface area (Å²) < 4.78 is 10.5. The van der Waals surface area contributed by atoms with Crippen LogP contribution in [0.15, 0.2) is 40.8 Å².